The number of benzene rings is 2. The molecule has 5 rings (SSSR count). The van der Waals surface area contributed by atoms with Gasteiger partial charge in [-0.15, -0.1) is 4.40 Å². The first-order valence-electron chi connectivity index (χ1n) is 15.1. The molecule has 2 unspecified atom stereocenters. The molecule has 0 radical (unpaired) electrons. The molecule has 2 aliphatic rings. The average molecular weight is 667 g/mol. The van der Waals surface area contributed by atoms with Crippen molar-refractivity contribution in [2.75, 3.05) is 31.5 Å². The number of piperazine rings is 1. The van der Waals surface area contributed by atoms with Gasteiger partial charge in [-0.1, -0.05) is 63.2 Å². The van der Waals surface area contributed by atoms with Crippen molar-refractivity contribution in [1.29, 1.82) is 0 Å². The molecule has 2 aromatic carbocycles. The lowest BCUT2D eigenvalue weighted by Gasteiger charge is -2.46. The van der Waals surface area contributed by atoms with Crippen molar-refractivity contribution in [1.82, 2.24) is 19.7 Å². The third-order valence-corrected chi connectivity index (χ3v) is 9.78. The number of carbonyl (C=O) groups excluding carboxylic acids is 1. The number of amidine groups is 1. The normalized spacial score (nSPS) is 19.6. The van der Waals surface area contributed by atoms with Crippen molar-refractivity contribution in [3.8, 4) is 11.3 Å². The van der Waals surface area contributed by atoms with Crippen molar-refractivity contribution in [2.24, 2.45) is 4.40 Å². The second kappa shape index (κ2) is 12.4. The van der Waals surface area contributed by atoms with E-state index in [1.807, 2.05) is 70.6 Å². The lowest BCUT2D eigenvalue weighted by atomic mass is 9.84. The number of hydrogen-bond donors (Lipinski definition) is 0. The van der Waals surface area contributed by atoms with E-state index >= 15 is 4.39 Å². The summed E-state index contributed by atoms with van der Waals surface area (Å²) in [5.41, 5.74) is 2.38. The highest BCUT2D eigenvalue weighted by molar-refractivity contribution is 7.92. The Balaban J connectivity index is 1.77. The molecule has 12 heteroatoms. The molecule has 3 aromatic rings. The Morgan fingerprint density at radius 1 is 1.09 bits per heavy atom. The quantitative estimate of drug-likeness (QED) is 0.304. The van der Waals surface area contributed by atoms with Crippen LogP contribution in [-0.2, 0) is 27.0 Å². The topological polar surface area (TPSA) is 89.4 Å². The molecule has 9 nitrogen and oxygen atoms in total. The lowest BCUT2D eigenvalue weighted by Crippen LogP contribution is -2.60. The number of fused-ring (bicyclic) bond motifs is 1. The minimum atomic E-state index is -4.43. The largest absolute Gasteiger partial charge is 0.352 e. The number of aromatic nitrogens is 1. The number of carbonyl (C=O) groups is 1. The van der Waals surface area contributed by atoms with Gasteiger partial charge >= 0.3 is 10.2 Å². The Bertz CT molecular complexity index is 1840. The molecule has 1 fully saturated rings. The number of halogens is 2. The first kappa shape index (κ1) is 33.6. The van der Waals surface area contributed by atoms with E-state index in [4.69, 9.17) is 16.6 Å². The molecular weight excluding hydrogens is 627 g/mol. The summed E-state index contributed by atoms with van der Waals surface area (Å²) < 4.78 is 49.5. The fraction of sp³-hybridized carbons (Fsp3) is 0.382. The van der Waals surface area contributed by atoms with E-state index in [2.05, 4.69) is 11.0 Å². The van der Waals surface area contributed by atoms with Gasteiger partial charge in [0.2, 0.25) is 5.91 Å². The molecule has 1 saturated heterocycles. The van der Waals surface area contributed by atoms with Gasteiger partial charge in [-0.2, -0.15) is 8.42 Å². The monoisotopic (exact) mass is 666 g/mol. The van der Waals surface area contributed by atoms with Gasteiger partial charge in [0.15, 0.2) is 11.7 Å². The Hall–Kier alpha value is -3.80. The molecule has 0 saturated carbocycles. The second-order valence-electron chi connectivity index (χ2n) is 13.2. The molecule has 0 aliphatic carbocycles. The molecule has 0 N–H and O–H groups in total. The zero-order chi connectivity index (χ0) is 33.7. The van der Waals surface area contributed by atoms with E-state index in [1.165, 1.54) is 12.1 Å². The Kier molecular flexibility index (Phi) is 9.07. The fourth-order valence-electron chi connectivity index (χ4n) is 6.07. The van der Waals surface area contributed by atoms with Crippen molar-refractivity contribution >= 4 is 45.1 Å². The third kappa shape index (κ3) is 6.28. The Morgan fingerprint density at radius 3 is 2.41 bits per heavy atom. The molecule has 2 aliphatic heterocycles. The zero-order valence-corrected chi connectivity index (χ0v) is 28.8. The van der Waals surface area contributed by atoms with Crippen LogP contribution in [-0.4, -0.2) is 79.1 Å². The summed E-state index contributed by atoms with van der Waals surface area (Å²) in [6, 6.07) is 12.9. The van der Waals surface area contributed by atoms with Gasteiger partial charge in [0.05, 0.1) is 22.0 Å². The highest BCUT2D eigenvalue weighted by atomic mass is 35.5. The van der Waals surface area contributed by atoms with E-state index in [1.54, 1.807) is 35.2 Å². The van der Waals surface area contributed by atoms with Gasteiger partial charge in [0.25, 0.3) is 0 Å². The maximum absolute atomic E-state index is 15.1. The summed E-state index contributed by atoms with van der Waals surface area (Å²) in [6.45, 7) is 14.8. The molecule has 3 heterocycles. The summed E-state index contributed by atoms with van der Waals surface area (Å²) in [5.74, 6) is -0.490. The maximum atomic E-state index is 15.1. The standard InChI is InChI=1S/C34H40ClFN6O3S/c1-9-30(43)40-18-22(3)41(19-21(40)2)33-25-17-27(35)31(24-12-10-11-13-28(24)36)37-32(25)42(46(44,45)38-33)29-15-14-23(20-39(7)8)16-26(29)34(4,5)6/h9-17,21-22H,1,18-20H2,2-8H3. The summed E-state index contributed by atoms with van der Waals surface area (Å²) in [7, 11) is -0.489. The Labute approximate surface area is 276 Å². The minimum Gasteiger partial charge on any atom is -0.349 e. The zero-order valence-electron chi connectivity index (χ0n) is 27.3. The van der Waals surface area contributed by atoms with Crippen molar-refractivity contribution in [3.05, 3.63) is 88.7 Å². The lowest BCUT2D eigenvalue weighted by molar-refractivity contribution is -0.130. The Morgan fingerprint density at radius 2 is 1.78 bits per heavy atom. The number of anilines is 2. The van der Waals surface area contributed by atoms with Crippen molar-refractivity contribution in [2.45, 2.75) is 58.7 Å². The average Bonchev–Trinajstić information content (AvgIpc) is 2.97. The van der Waals surface area contributed by atoms with Crippen molar-refractivity contribution < 1.29 is 17.6 Å². The summed E-state index contributed by atoms with van der Waals surface area (Å²) in [5, 5.41) is 0.148. The van der Waals surface area contributed by atoms with Crippen LogP contribution >= 0.6 is 11.6 Å². The van der Waals surface area contributed by atoms with Crippen LogP contribution in [0.2, 0.25) is 5.02 Å². The minimum absolute atomic E-state index is 0.0722. The van der Waals surface area contributed by atoms with E-state index in [0.717, 1.165) is 15.4 Å². The number of hydrogen-bond acceptors (Lipinski definition) is 6. The summed E-state index contributed by atoms with van der Waals surface area (Å²) in [6.07, 6.45) is 1.28. The molecule has 46 heavy (non-hydrogen) atoms. The first-order chi connectivity index (χ1) is 21.5. The molecule has 0 bridgehead atoms. The maximum Gasteiger partial charge on any atom is 0.352 e. The molecule has 2 atom stereocenters. The van der Waals surface area contributed by atoms with Crippen LogP contribution in [0, 0.1) is 5.82 Å². The summed E-state index contributed by atoms with van der Waals surface area (Å²) >= 11 is 6.82. The predicted octanol–water partition coefficient (Wildman–Crippen LogP) is 6.15. The predicted molar refractivity (Wildman–Crippen MR) is 182 cm³/mol. The van der Waals surface area contributed by atoms with E-state index in [-0.39, 0.29) is 45.9 Å². The van der Waals surface area contributed by atoms with Crippen molar-refractivity contribution in [3.63, 3.8) is 0 Å². The molecule has 1 amide bonds. The van der Waals surface area contributed by atoms with Crippen LogP contribution in [0.5, 0.6) is 0 Å². The molecule has 244 valence electrons. The van der Waals surface area contributed by atoms with Crippen LogP contribution in [0.15, 0.2) is 65.6 Å². The van der Waals surface area contributed by atoms with Gasteiger partial charge in [0, 0.05) is 37.3 Å². The molecular formula is C34H40ClFN6O3S. The van der Waals surface area contributed by atoms with Gasteiger partial charge in [0.1, 0.15) is 5.82 Å². The number of amides is 1. The summed E-state index contributed by atoms with van der Waals surface area (Å²) in [4.78, 5) is 23.0. The third-order valence-electron chi connectivity index (χ3n) is 8.25. The molecule has 1 aromatic heterocycles. The van der Waals surface area contributed by atoms with Gasteiger partial charge < -0.3 is 14.7 Å². The second-order valence-corrected chi connectivity index (χ2v) is 15.1. The van der Waals surface area contributed by atoms with Gasteiger partial charge in [-0.3, -0.25) is 4.79 Å². The fourth-order valence-corrected chi connectivity index (χ4v) is 7.59. The first-order valence-corrected chi connectivity index (χ1v) is 16.9. The van der Waals surface area contributed by atoms with Gasteiger partial charge in [-0.25, -0.2) is 13.7 Å². The van der Waals surface area contributed by atoms with Crippen LogP contribution in [0.4, 0.5) is 15.9 Å². The van der Waals surface area contributed by atoms with Crippen LogP contribution in [0.3, 0.4) is 0 Å². The van der Waals surface area contributed by atoms with Crippen LogP contribution in [0.25, 0.3) is 11.3 Å². The number of pyridine rings is 1. The number of rotatable bonds is 5. The smallest absolute Gasteiger partial charge is 0.349 e. The van der Waals surface area contributed by atoms with E-state index in [0.29, 0.717) is 30.9 Å². The highest BCUT2D eigenvalue weighted by Crippen LogP contribution is 2.44. The SMILES string of the molecule is C=CC(=O)N1CC(C)N(C2=NS(=O)(=O)N(c3ccc(CN(C)C)cc3C(C)(C)C)c3nc(-c4ccccc4F)c(Cl)cc32)CC1C. The van der Waals surface area contributed by atoms with Crippen LogP contribution < -0.4 is 4.31 Å². The highest BCUT2D eigenvalue weighted by Gasteiger charge is 2.42. The van der Waals surface area contributed by atoms with Gasteiger partial charge in [-0.05, 0) is 74.8 Å². The van der Waals surface area contributed by atoms with E-state index < -0.39 is 21.4 Å². The molecule has 0 spiro atoms. The van der Waals surface area contributed by atoms with Crippen LogP contribution in [0.1, 0.15) is 51.3 Å². The van der Waals surface area contributed by atoms with E-state index in [9.17, 15) is 13.2 Å². The number of nitrogens with zero attached hydrogens (tertiary/aromatic N) is 6.